The first-order valence-corrected chi connectivity index (χ1v) is 9.57. The summed E-state index contributed by atoms with van der Waals surface area (Å²) in [5.41, 5.74) is 2.77. The van der Waals surface area contributed by atoms with Crippen LogP contribution in [0.15, 0.2) is 67.1 Å². The fourth-order valence-electron chi connectivity index (χ4n) is 3.31. The molecule has 158 valence electrons. The summed E-state index contributed by atoms with van der Waals surface area (Å²) in [6.45, 7) is 1.85. The molecule has 1 amide bonds. The van der Waals surface area contributed by atoms with Crippen LogP contribution in [-0.4, -0.2) is 35.3 Å². The van der Waals surface area contributed by atoms with Gasteiger partial charge in [0.15, 0.2) is 17.2 Å². The van der Waals surface area contributed by atoms with Gasteiger partial charge in [0.2, 0.25) is 0 Å². The second kappa shape index (κ2) is 7.65. The molecule has 0 radical (unpaired) electrons. The fourth-order valence-corrected chi connectivity index (χ4v) is 3.31. The lowest BCUT2D eigenvalue weighted by atomic mass is 10.2. The standard InChI is InChI=1S/C22H15F2N7O/c1-13-3-2-4-21(27-13)31-19(14-5-6-20-25-12-26-30(20)11-14)10-18(29-31)22(32)28-17-8-15(23)7-16(24)9-17/h2-12H,1H3,(H,28,32). The summed E-state index contributed by atoms with van der Waals surface area (Å²) in [6, 6.07) is 13.4. The van der Waals surface area contributed by atoms with E-state index in [-0.39, 0.29) is 11.4 Å². The fraction of sp³-hybridized carbons (Fsp3) is 0.0455. The number of fused-ring (bicyclic) bond motifs is 1. The number of benzene rings is 1. The highest BCUT2D eigenvalue weighted by Gasteiger charge is 2.19. The van der Waals surface area contributed by atoms with Gasteiger partial charge < -0.3 is 5.32 Å². The SMILES string of the molecule is Cc1cccc(-n2nc(C(=O)Nc3cc(F)cc(F)c3)cc2-c2ccc3ncnn3c2)n1. The number of aromatic nitrogens is 6. The van der Waals surface area contributed by atoms with Crippen molar-refractivity contribution in [3.05, 3.63) is 90.1 Å². The molecule has 1 N–H and O–H groups in total. The number of halogens is 2. The van der Waals surface area contributed by atoms with E-state index in [2.05, 4.69) is 25.5 Å². The van der Waals surface area contributed by atoms with E-state index in [1.54, 1.807) is 28.9 Å². The van der Waals surface area contributed by atoms with E-state index in [9.17, 15) is 13.6 Å². The Kier molecular flexibility index (Phi) is 4.66. The zero-order chi connectivity index (χ0) is 22.2. The molecule has 0 bridgehead atoms. The maximum Gasteiger partial charge on any atom is 0.276 e. The summed E-state index contributed by atoms with van der Waals surface area (Å²) in [6.07, 6.45) is 3.20. The van der Waals surface area contributed by atoms with E-state index in [1.165, 1.54) is 11.0 Å². The Labute approximate surface area is 180 Å². The first-order chi connectivity index (χ1) is 15.5. The van der Waals surface area contributed by atoms with Crippen molar-refractivity contribution in [2.75, 3.05) is 5.32 Å². The Hall–Kier alpha value is -4.47. The first-order valence-electron chi connectivity index (χ1n) is 9.57. The van der Waals surface area contributed by atoms with E-state index in [1.807, 2.05) is 25.1 Å². The van der Waals surface area contributed by atoms with Crippen LogP contribution in [-0.2, 0) is 0 Å². The average molecular weight is 431 g/mol. The Balaban J connectivity index is 1.59. The molecule has 0 saturated heterocycles. The number of rotatable bonds is 4. The Morgan fingerprint density at radius 1 is 1.03 bits per heavy atom. The van der Waals surface area contributed by atoms with Crippen LogP contribution in [0.1, 0.15) is 16.2 Å². The van der Waals surface area contributed by atoms with Crippen LogP contribution in [0.25, 0.3) is 22.7 Å². The van der Waals surface area contributed by atoms with E-state index in [4.69, 9.17) is 0 Å². The molecular formula is C22H15F2N7O. The second-order valence-electron chi connectivity index (χ2n) is 7.06. The monoisotopic (exact) mass is 431 g/mol. The predicted octanol–water partition coefficient (Wildman–Crippen LogP) is 3.82. The molecule has 4 heterocycles. The molecule has 1 aromatic carbocycles. The van der Waals surface area contributed by atoms with Crippen LogP contribution in [0, 0.1) is 18.6 Å². The molecule has 5 rings (SSSR count). The number of amides is 1. The van der Waals surface area contributed by atoms with Gasteiger partial charge in [-0.05, 0) is 49.4 Å². The molecule has 0 spiro atoms. The van der Waals surface area contributed by atoms with Gasteiger partial charge in [-0.2, -0.15) is 10.2 Å². The highest BCUT2D eigenvalue weighted by Crippen LogP contribution is 2.24. The minimum Gasteiger partial charge on any atom is -0.320 e. The first kappa shape index (κ1) is 19.5. The van der Waals surface area contributed by atoms with Crippen LogP contribution >= 0.6 is 0 Å². The van der Waals surface area contributed by atoms with Crippen molar-refractivity contribution in [2.24, 2.45) is 0 Å². The largest absolute Gasteiger partial charge is 0.320 e. The van der Waals surface area contributed by atoms with E-state index >= 15 is 0 Å². The quantitative estimate of drug-likeness (QED) is 0.467. The van der Waals surface area contributed by atoms with Crippen LogP contribution in [0.4, 0.5) is 14.5 Å². The number of nitrogens with zero attached hydrogens (tertiary/aromatic N) is 6. The van der Waals surface area contributed by atoms with Crippen molar-refractivity contribution >= 4 is 17.2 Å². The lowest BCUT2D eigenvalue weighted by Crippen LogP contribution is -2.13. The molecule has 0 saturated carbocycles. The minimum absolute atomic E-state index is 0.0127. The number of anilines is 1. The summed E-state index contributed by atoms with van der Waals surface area (Å²) in [5, 5.41) is 11.0. The number of nitrogens with one attached hydrogen (secondary N) is 1. The number of hydrogen-bond acceptors (Lipinski definition) is 5. The third-order valence-corrected chi connectivity index (χ3v) is 4.72. The van der Waals surface area contributed by atoms with Gasteiger partial charge in [0, 0.05) is 29.2 Å². The van der Waals surface area contributed by atoms with Crippen LogP contribution < -0.4 is 5.32 Å². The zero-order valence-electron chi connectivity index (χ0n) is 16.7. The molecular weight excluding hydrogens is 416 g/mol. The van der Waals surface area contributed by atoms with Gasteiger partial charge in [0.1, 0.15) is 18.0 Å². The third-order valence-electron chi connectivity index (χ3n) is 4.72. The molecule has 0 aliphatic heterocycles. The summed E-state index contributed by atoms with van der Waals surface area (Å²) in [4.78, 5) is 21.5. The van der Waals surface area contributed by atoms with E-state index in [0.29, 0.717) is 17.2 Å². The maximum atomic E-state index is 13.5. The number of pyridine rings is 2. The van der Waals surface area contributed by atoms with Crippen molar-refractivity contribution < 1.29 is 13.6 Å². The highest BCUT2D eigenvalue weighted by molar-refractivity contribution is 6.03. The second-order valence-corrected chi connectivity index (χ2v) is 7.06. The van der Waals surface area contributed by atoms with E-state index in [0.717, 1.165) is 29.5 Å². The van der Waals surface area contributed by atoms with Gasteiger partial charge >= 0.3 is 0 Å². The number of aryl methyl sites for hydroxylation is 1. The molecule has 0 fully saturated rings. The molecule has 10 heteroatoms. The van der Waals surface area contributed by atoms with Gasteiger partial charge in [-0.1, -0.05) is 6.07 Å². The number of hydrogen-bond donors (Lipinski definition) is 1. The van der Waals surface area contributed by atoms with Crippen LogP contribution in [0.5, 0.6) is 0 Å². The lowest BCUT2D eigenvalue weighted by molar-refractivity contribution is 0.102. The van der Waals surface area contributed by atoms with E-state index < -0.39 is 17.5 Å². The molecule has 0 aliphatic rings. The Morgan fingerprint density at radius 2 is 1.84 bits per heavy atom. The van der Waals surface area contributed by atoms with Gasteiger partial charge in [-0.25, -0.2) is 27.9 Å². The maximum absolute atomic E-state index is 13.5. The van der Waals surface area contributed by atoms with Crippen LogP contribution in [0.2, 0.25) is 0 Å². The van der Waals surface area contributed by atoms with Gasteiger partial charge in [-0.3, -0.25) is 4.79 Å². The van der Waals surface area contributed by atoms with Crippen molar-refractivity contribution in [1.82, 2.24) is 29.4 Å². The van der Waals surface area contributed by atoms with Crippen molar-refractivity contribution in [2.45, 2.75) is 6.92 Å². The van der Waals surface area contributed by atoms with Crippen molar-refractivity contribution in [1.29, 1.82) is 0 Å². The molecule has 4 aromatic heterocycles. The average Bonchev–Trinajstić information content (AvgIpc) is 3.40. The van der Waals surface area contributed by atoms with Crippen LogP contribution in [0.3, 0.4) is 0 Å². The van der Waals surface area contributed by atoms with Crippen molar-refractivity contribution in [3.8, 4) is 17.1 Å². The molecule has 32 heavy (non-hydrogen) atoms. The molecule has 8 nitrogen and oxygen atoms in total. The van der Waals surface area contributed by atoms with Gasteiger partial charge in [0.05, 0.1) is 5.69 Å². The summed E-state index contributed by atoms with van der Waals surface area (Å²) in [7, 11) is 0. The van der Waals surface area contributed by atoms with Gasteiger partial charge in [-0.15, -0.1) is 0 Å². The lowest BCUT2D eigenvalue weighted by Gasteiger charge is -2.07. The number of carbonyl (C=O) groups excluding carboxylic acids is 1. The Bertz CT molecular complexity index is 1450. The smallest absolute Gasteiger partial charge is 0.276 e. The van der Waals surface area contributed by atoms with Crippen molar-refractivity contribution in [3.63, 3.8) is 0 Å². The summed E-state index contributed by atoms with van der Waals surface area (Å²) < 4.78 is 30.1. The Morgan fingerprint density at radius 3 is 2.62 bits per heavy atom. The molecule has 5 aromatic rings. The highest BCUT2D eigenvalue weighted by atomic mass is 19.1. The third kappa shape index (κ3) is 3.69. The molecule has 0 atom stereocenters. The summed E-state index contributed by atoms with van der Waals surface area (Å²) in [5.74, 6) is -1.70. The van der Waals surface area contributed by atoms with Gasteiger partial charge in [0.25, 0.3) is 5.91 Å². The molecule has 0 unspecified atom stereocenters. The minimum atomic E-state index is -0.795. The number of carbonyl (C=O) groups is 1. The predicted molar refractivity (Wildman–Crippen MR) is 112 cm³/mol. The topological polar surface area (TPSA) is 90.0 Å². The normalized spacial score (nSPS) is 11.1. The summed E-state index contributed by atoms with van der Waals surface area (Å²) >= 11 is 0. The zero-order valence-corrected chi connectivity index (χ0v) is 16.7. The molecule has 0 aliphatic carbocycles.